The summed E-state index contributed by atoms with van der Waals surface area (Å²) in [6.07, 6.45) is 0. The van der Waals surface area contributed by atoms with Gasteiger partial charge in [0.1, 0.15) is 17.1 Å². The van der Waals surface area contributed by atoms with E-state index in [1.165, 1.54) is 0 Å². The zero-order valence-electron chi connectivity index (χ0n) is 11.9. The molecule has 2 heterocycles. The molecule has 0 N–H and O–H groups in total. The first-order valence-corrected chi connectivity index (χ1v) is 7.70. The number of hydrogen-bond donors (Lipinski definition) is 0. The molecule has 0 fully saturated rings. The standard InChI is InChI=1S/C14H14BrClN4O/c1-8-13-14(19(2)18-8)20(12(7-16)17-13)9-4-5-11(21-3)10(15)6-9/h4-6H,7H2,1-3H3. The fourth-order valence-corrected chi connectivity index (χ4v) is 3.18. The molecule has 5 nitrogen and oxygen atoms in total. The maximum absolute atomic E-state index is 6.06. The lowest BCUT2D eigenvalue weighted by molar-refractivity contribution is 0.412. The van der Waals surface area contributed by atoms with E-state index in [4.69, 9.17) is 16.3 Å². The zero-order valence-corrected chi connectivity index (χ0v) is 14.2. The van der Waals surface area contributed by atoms with E-state index >= 15 is 0 Å². The Morgan fingerprint density at radius 1 is 1.38 bits per heavy atom. The molecule has 110 valence electrons. The highest BCUT2D eigenvalue weighted by molar-refractivity contribution is 9.10. The third-order valence-electron chi connectivity index (χ3n) is 3.38. The molecule has 3 aromatic rings. The topological polar surface area (TPSA) is 44.9 Å². The molecule has 0 unspecified atom stereocenters. The number of imidazole rings is 1. The van der Waals surface area contributed by atoms with Gasteiger partial charge >= 0.3 is 0 Å². The number of fused-ring (bicyclic) bond motifs is 1. The number of ether oxygens (including phenoxy) is 1. The van der Waals surface area contributed by atoms with Crippen LogP contribution in [0.3, 0.4) is 0 Å². The number of aryl methyl sites for hydroxylation is 2. The number of hydrogen-bond acceptors (Lipinski definition) is 3. The minimum absolute atomic E-state index is 0.331. The van der Waals surface area contributed by atoms with E-state index in [2.05, 4.69) is 26.0 Å². The summed E-state index contributed by atoms with van der Waals surface area (Å²) < 4.78 is 10.00. The van der Waals surface area contributed by atoms with Gasteiger partial charge in [-0.3, -0.25) is 4.57 Å². The van der Waals surface area contributed by atoms with Crippen LogP contribution in [-0.2, 0) is 12.9 Å². The molecule has 0 atom stereocenters. The fraction of sp³-hybridized carbons (Fsp3) is 0.286. The lowest BCUT2D eigenvalue weighted by Crippen LogP contribution is -2.04. The Hall–Kier alpha value is -1.53. The Balaban J connectivity index is 2.30. The number of aromatic nitrogens is 4. The monoisotopic (exact) mass is 368 g/mol. The van der Waals surface area contributed by atoms with Crippen molar-refractivity contribution >= 4 is 38.7 Å². The predicted octanol–water partition coefficient (Wildman–Crippen LogP) is 3.58. The van der Waals surface area contributed by atoms with Crippen LogP contribution in [0.15, 0.2) is 22.7 Å². The first-order chi connectivity index (χ1) is 10.1. The van der Waals surface area contributed by atoms with E-state index in [1.807, 2.05) is 41.4 Å². The zero-order chi connectivity index (χ0) is 15.1. The molecule has 0 spiro atoms. The van der Waals surface area contributed by atoms with Crippen molar-refractivity contribution in [1.82, 2.24) is 19.3 Å². The number of rotatable bonds is 3. The molecule has 0 bridgehead atoms. The van der Waals surface area contributed by atoms with Gasteiger partial charge in [-0.05, 0) is 41.1 Å². The maximum Gasteiger partial charge on any atom is 0.163 e. The Labute approximate surface area is 135 Å². The second-order valence-electron chi connectivity index (χ2n) is 4.70. The molecule has 0 amide bonds. The van der Waals surface area contributed by atoms with Crippen LogP contribution in [0.4, 0.5) is 0 Å². The van der Waals surface area contributed by atoms with Crippen molar-refractivity contribution < 1.29 is 4.74 Å². The fourth-order valence-electron chi connectivity index (χ4n) is 2.47. The van der Waals surface area contributed by atoms with Gasteiger partial charge in [0.15, 0.2) is 5.65 Å². The van der Waals surface area contributed by atoms with Crippen LogP contribution in [0.25, 0.3) is 16.9 Å². The van der Waals surface area contributed by atoms with E-state index in [1.54, 1.807) is 7.11 Å². The summed E-state index contributed by atoms with van der Waals surface area (Å²) in [7, 11) is 3.55. The SMILES string of the molecule is COc1ccc(-n2c(CCl)nc3c(C)nn(C)c32)cc1Br. The van der Waals surface area contributed by atoms with Crippen LogP contribution in [0, 0.1) is 6.92 Å². The number of alkyl halides is 1. The Morgan fingerprint density at radius 2 is 2.14 bits per heavy atom. The second kappa shape index (κ2) is 5.35. The molecule has 0 saturated carbocycles. The molecule has 2 aromatic heterocycles. The largest absolute Gasteiger partial charge is 0.496 e. The molecular formula is C14H14BrClN4O. The van der Waals surface area contributed by atoms with Gasteiger partial charge in [-0.15, -0.1) is 11.6 Å². The van der Waals surface area contributed by atoms with Crippen molar-refractivity contribution in [2.24, 2.45) is 7.05 Å². The quantitative estimate of drug-likeness (QED) is 0.663. The van der Waals surface area contributed by atoms with Crippen LogP contribution in [-0.4, -0.2) is 26.4 Å². The average molecular weight is 370 g/mol. The van der Waals surface area contributed by atoms with E-state index in [-0.39, 0.29) is 0 Å². The normalized spacial score (nSPS) is 11.3. The summed E-state index contributed by atoms with van der Waals surface area (Å²) >= 11 is 9.58. The van der Waals surface area contributed by atoms with Gasteiger partial charge in [0.05, 0.1) is 28.8 Å². The van der Waals surface area contributed by atoms with Gasteiger partial charge in [0, 0.05) is 7.05 Å². The van der Waals surface area contributed by atoms with Crippen molar-refractivity contribution in [2.45, 2.75) is 12.8 Å². The molecular weight excluding hydrogens is 356 g/mol. The van der Waals surface area contributed by atoms with Crippen molar-refractivity contribution in [3.05, 3.63) is 34.2 Å². The van der Waals surface area contributed by atoms with Gasteiger partial charge in [0.25, 0.3) is 0 Å². The summed E-state index contributed by atoms with van der Waals surface area (Å²) in [6, 6.07) is 5.87. The number of benzene rings is 1. The van der Waals surface area contributed by atoms with Crippen LogP contribution < -0.4 is 4.74 Å². The summed E-state index contributed by atoms with van der Waals surface area (Å²) in [5, 5.41) is 4.42. The highest BCUT2D eigenvalue weighted by Gasteiger charge is 2.18. The van der Waals surface area contributed by atoms with Crippen LogP contribution >= 0.6 is 27.5 Å². The molecule has 0 aliphatic carbocycles. The molecule has 1 aromatic carbocycles. The van der Waals surface area contributed by atoms with Crippen molar-refractivity contribution in [3.63, 3.8) is 0 Å². The van der Waals surface area contributed by atoms with Crippen LogP contribution in [0.1, 0.15) is 11.5 Å². The first-order valence-electron chi connectivity index (χ1n) is 6.37. The molecule has 21 heavy (non-hydrogen) atoms. The smallest absolute Gasteiger partial charge is 0.163 e. The average Bonchev–Trinajstić information content (AvgIpc) is 2.97. The first kappa shape index (κ1) is 14.4. The van der Waals surface area contributed by atoms with Gasteiger partial charge < -0.3 is 4.74 Å². The van der Waals surface area contributed by atoms with E-state index < -0.39 is 0 Å². The Bertz CT molecular complexity index is 824. The maximum atomic E-state index is 6.06. The number of halogens is 2. The summed E-state index contributed by atoms with van der Waals surface area (Å²) in [5.74, 6) is 1.90. The number of methoxy groups -OCH3 is 1. The molecule has 7 heteroatoms. The van der Waals surface area contributed by atoms with Crippen LogP contribution in [0.5, 0.6) is 5.75 Å². The van der Waals surface area contributed by atoms with Crippen molar-refractivity contribution in [1.29, 1.82) is 0 Å². The van der Waals surface area contributed by atoms with E-state index in [9.17, 15) is 0 Å². The highest BCUT2D eigenvalue weighted by atomic mass is 79.9. The van der Waals surface area contributed by atoms with Gasteiger partial charge in [-0.2, -0.15) is 5.10 Å². The van der Waals surface area contributed by atoms with Crippen molar-refractivity contribution in [3.8, 4) is 11.4 Å². The molecule has 0 saturated heterocycles. The Kier molecular flexibility index (Phi) is 3.67. The molecule has 0 aliphatic rings. The molecule has 3 rings (SSSR count). The summed E-state index contributed by atoms with van der Waals surface area (Å²) in [5.41, 5.74) is 3.66. The van der Waals surface area contributed by atoms with Crippen LogP contribution in [0.2, 0.25) is 0 Å². The van der Waals surface area contributed by atoms with E-state index in [0.717, 1.165) is 38.6 Å². The van der Waals surface area contributed by atoms with Gasteiger partial charge in [-0.25, -0.2) is 9.67 Å². The lowest BCUT2D eigenvalue weighted by atomic mass is 10.3. The lowest BCUT2D eigenvalue weighted by Gasteiger charge is -2.10. The summed E-state index contributed by atoms with van der Waals surface area (Å²) in [4.78, 5) is 4.60. The Morgan fingerprint density at radius 3 is 2.76 bits per heavy atom. The van der Waals surface area contributed by atoms with Gasteiger partial charge in [-0.1, -0.05) is 0 Å². The third-order valence-corrected chi connectivity index (χ3v) is 4.24. The molecule has 0 radical (unpaired) electrons. The number of nitrogens with zero attached hydrogens (tertiary/aromatic N) is 4. The minimum atomic E-state index is 0.331. The van der Waals surface area contributed by atoms with Gasteiger partial charge in [0.2, 0.25) is 0 Å². The predicted molar refractivity (Wildman–Crippen MR) is 86.4 cm³/mol. The summed E-state index contributed by atoms with van der Waals surface area (Å²) in [6.45, 7) is 1.95. The third kappa shape index (κ3) is 2.22. The highest BCUT2D eigenvalue weighted by Crippen LogP contribution is 2.30. The molecule has 0 aliphatic heterocycles. The second-order valence-corrected chi connectivity index (χ2v) is 5.82. The van der Waals surface area contributed by atoms with Crippen molar-refractivity contribution in [2.75, 3.05) is 7.11 Å². The minimum Gasteiger partial charge on any atom is -0.496 e. The van der Waals surface area contributed by atoms with E-state index in [0.29, 0.717) is 5.88 Å².